The summed E-state index contributed by atoms with van der Waals surface area (Å²) in [7, 11) is 0. The lowest BCUT2D eigenvalue weighted by Crippen LogP contribution is -2.30. The van der Waals surface area contributed by atoms with E-state index < -0.39 is 6.10 Å². The molecule has 0 saturated carbocycles. The lowest BCUT2D eigenvalue weighted by atomic mass is 10.0. The lowest BCUT2D eigenvalue weighted by Gasteiger charge is -2.22. The van der Waals surface area contributed by atoms with Gasteiger partial charge in [0.05, 0.1) is 12.6 Å². The molecule has 2 atom stereocenters. The van der Waals surface area contributed by atoms with Crippen LogP contribution in [0.5, 0.6) is 0 Å². The van der Waals surface area contributed by atoms with Crippen molar-refractivity contribution in [2.75, 3.05) is 13.2 Å². The molecule has 1 amide bonds. The summed E-state index contributed by atoms with van der Waals surface area (Å²) in [6.45, 7) is 2.33. The first-order chi connectivity index (χ1) is 7.77. The summed E-state index contributed by atoms with van der Waals surface area (Å²) >= 11 is 0. The van der Waals surface area contributed by atoms with E-state index in [2.05, 4.69) is 0 Å². The molecular formula is C12H15NO3. The zero-order valence-electron chi connectivity index (χ0n) is 9.17. The summed E-state index contributed by atoms with van der Waals surface area (Å²) in [6, 6.07) is 9.46. The van der Waals surface area contributed by atoms with Crippen molar-refractivity contribution in [1.29, 1.82) is 0 Å². The Kier molecular flexibility index (Phi) is 3.10. The van der Waals surface area contributed by atoms with E-state index in [4.69, 9.17) is 4.74 Å². The molecule has 0 spiro atoms. The van der Waals surface area contributed by atoms with Gasteiger partial charge in [-0.3, -0.25) is 4.90 Å². The second-order valence-electron chi connectivity index (χ2n) is 3.75. The molecule has 1 aliphatic heterocycles. The molecule has 1 heterocycles. The maximum atomic E-state index is 11.6. The van der Waals surface area contributed by atoms with E-state index in [-0.39, 0.29) is 18.7 Å². The Morgan fingerprint density at radius 1 is 1.38 bits per heavy atom. The number of hydrogen-bond acceptors (Lipinski definition) is 3. The number of aliphatic hydroxyl groups is 1. The number of rotatable bonds is 3. The van der Waals surface area contributed by atoms with Crippen molar-refractivity contribution in [2.24, 2.45) is 0 Å². The smallest absolute Gasteiger partial charge is 0.410 e. The highest BCUT2D eigenvalue weighted by atomic mass is 16.6. The van der Waals surface area contributed by atoms with Gasteiger partial charge in [-0.2, -0.15) is 0 Å². The van der Waals surface area contributed by atoms with E-state index in [1.54, 1.807) is 4.90 Å². The molecule has 2 rings (SSSR count). The number of carbonyl (C=O) groups is 1. The van der Waals surface area contributed by atoms with Gasteiger partial charge < -0.3 is 9.84 Å². The van der Waals surface area contributed by atoms with Gasteiger partial charge in [-0.15, -0.1) is 0 Å². The molecule has 16 heavy (non-hydrogen) atoms. The Labute approximate surface area is 94.4 Å². The fourth-order valence-corrected chi connectivity index (χ4v) is 2.08. The topological polar surface area (TPSA) is 49.8 Å². The first kappa shape index (κ1) is 11.0. The van der Waals surface area contributed by atoms with Crippen LogP contribution in [0.4, 0.5) is 4.79 Å². The van der Waals surface area contributed by atoms with Crippen molar-refractivity contribution in [3.05, 3.63) is 35.9 Å². The Balaban J connectivity index is 2.32. The van der Waals surface area contributed by atoms with E-state index in [1.807, 2.05) is 37.3 Å². The summed E-state index contributed by atoms with van der Waals surface area (Å²) in [5, 5.41) is 9.22. The van der Waals surface area contributed by atoms with Crippen molar-refractivity contribution < 1.29 is 14.6 Å². The minimum absolute atomic E-state index is 0.151. The van der Waals surface area contributed by atoms with Gasteiger partial charge in [0.1, 0.15) is 0 Å². The van der Waals surface area contributed by atoms with Crippen LogP contribution in [0.25, 0.3) is 0 Å². The predicted molar refractivity (Wildman–Crippen MR) is 58.9 cm³/mol. The van der Waals surface area contributed by atoms with Gasteiger partial charge in [0.25, 0.3) is 0 Å². The summed E-state index contributed by atoms with van der Waals surface area (Å²) < 4.78 is 5.12. The quantitative estimate of drug-likeness (QED) is 0.842. The Morgan fingerprint density at radius 3 is 2.62 bits per heavy atom. The number of nitrogens with zero attached hydrogens (tertiary/aromatic N) is 1. The van der Waals surface area contributed by atoms with Gasteiger partial charge in [0.2, 0.25) is 0 Å². The number of ether oxygens (including phenoxy) is 1. The van der Waals surface area contributed by atoms with Crippen molar-refractivity contribution >= 4 is 6.09 Å². The molecule has 1 fully saturated rings. The highest BCUT2D eigenvalue weighted by Crippen LogP contribution is 2.32. The zero-order valence-corrected chi connectivity index (χ0v) is 9.17. The number of amides is 1. The molecule has 0 unspecified atom stereocenters. The van der Waals surface area contributed by atoms with Crippen LogP contribution in [-0.2, 0) is 4.74 Å². The molecule has 4 nitrogen and oxygen atoms in total. The fourth-order valence-electron chi connectivity index (χ4n) is 2.08. The van der Waals surface area contributed by atoms with E-state index in [1.165, 1.54) is 0 Å². The van der Waals surface area contributed by atoms with Crippen LogP contribution in [-0.4, -0.2) is 35.4 Å². The largest absolute Gasteiger partial charge is 0.441 e. The highest BCUT2D eigenvalue weighted by molar-refractivity contribution is 5.71. The Morgan fingerprint density at radius 2 is 2.06 bits per heavy atom. The van der Waals surface area contributed by atoms with Gasteiger partial charge >= 0.3 is 6.09 Å². The molecule has 1 N–H and O–H groups in total. The number of benzene rings is 1. The number of aliphatic hydroxyl groups excluding tert-OH is 1. The minimum Gasteiger partial charge on any atom is -0.441 e. The average molecular weight is 221 g/mol. The fraction of sp³-hybridized carbons (Fsp3) is 0.417. The summed E-state index contributed by atoms with van der Waals surface area (Å²) in [5.74, 6) is 0. The number of carbonyl (C=O) groups excluding carboxylic acids is 1. The van der Waals surface area contributed by atoms with Gasteiger partial charge in [-0.05, 0) is 12.5 Å². The predicted octanol–water partition coefficient (Wildman–Crippen LogP) is 1.56. The first-order valence-electron chi connectivity index (χ1n) is 5.41. The third kappa shape index (κ3) is 1.76. The molecule has 4 heteroatoms. The zero-order chi connectivity index (χ0) is 11.5. The van der Waals surface area contributed by atoms with Crippen molar-refractivity contribution in [3.8, 4) is 0 Å². The van der Waals surface area contributed by atoms with E-state index in [0.29, 0.717) is 6.54 Å². The van der Waals surface area contributed by atoms with Crippen LogP contribution in [0.3, 0.4) is 0 Å². The highest BCUT2D eigenvalue weighted by Gasteiger charge is 2.41. The molecule has 1 aliphatic rings. The van der Waals surface area contributed by atoms with Crippen molar-refractivity contribution in [1.82, 2.24) is 4.90 Å². The maximum absolute atomic E-state index is 11.6. The third-order valence-electron chi connectivity index (χ3n) is 2.84. The van der Waals surface area contributed by atoms with Gasteiger partial charge in [-0.1, -0.05) is 30.3 Å². The molecule has 1 saturated heterocycles. The van der Waals surface area contributed by atoms with Crippen molar-refractivity contribution in [2.45, 2.75) is 19.1 Å². The lowest BCUT2D eigenvalue weighted by molar-refractivity contribution is 0.0827. The molecule has 1 aromatic rings. The first-order valence-corrected chi connectivity index (χ1v) is 5.41. The average Bonchev–Trinajstić information content (AvgIpc) is 2.66. The Hall–Kier alpha value is -1.55. The standard InChI is InChI=1S/C12H15NO3/c1-2-13-11(9-6-4-3-5-7-9)10(8-14)16-12(13)15/h3-7,10-11,14H,2,8H2,1H3/t10-,11-/m0/s1. The van der Waals surface area contributed by atoms with Crippen LogP contribution in [0.2, 0.25) is 0 Å². The summed E-state index contributed by atoms with van der Waals surface area (Å²) in [5.41, 5.74) is 0.995. The number of hydrogen-bond donors (Lipinski definition) is 1. The monoisotopic (exact) mass is 221 g/mol. The number of likely N-dealkylation sites (N-methyl/N-ethyl adjacent to an activating group) is 1. The second-order valence-corrected chi connectivity index (χ2v) is 3.75. The molecule has 0 aromatic heterocycles. The second kappa shape index (κ2) is 4.53. The van der Waals surface area contributed by atoms with Gasteiger partial charge in [0.15, 0.2) is 6.10 Å². The molecule has 0 aliphatic carbocycles. The summed E-state index contributed by atoms with van der Waals surface area (Å²) in [6.07, 6.45) is -0.815. The number of cyclic esters (lactones) is 1. The molecule has 0 radical (unpaired) electrons. The summed E-state index contributed by atoms with van der Waals surface area (Å²) in [4.78, 5) is 13.2. The molecule has 1 aromatic carbocycles. The van der Waals surface area contributed by atoms with Crippen LogP contribution >= 0.6 is 0 Å². The van der Waals surface area contributed by atoms with E-state index >= 15 is 0 Å². The van der Waals surface area contributed by atoms with Crippen molar-refractivity contribution in [3.63, 3.8) is 0 Å². The Bertz CT molecular complexity index is 366. The van der Waals surface area contributed by atoms with E-state index in [9.17, 15) is 9.90 Å². The van der Waals surface area contributed by atoms with E-state index in [0.717, 1.165) is 5.56 Å². The molecular weight excluding hydrogens is 206 g/mol. The van der Waals surface area contributed by atoms with Gasteiger partial charge in [-0.25, -0.2) is 4.79 Å². The van der Waals surface area contributed by atoms with Crippen LogP contribution in [0, 0.1) is 0 Å². The third-order valence-corrected chi connectivity index (χ3v) is 2.84. The van der Waals surface area contributed by atoms with Crippen LogP contribution in [0.15, 0.2) is 30.3 Å². The molecule has 0 bridgehead atoms. The SMILES string of the molecule is CCN1C(=O)O[C@@H](CO)[C@@H]1c1ccccc1. The van der Waals surface area contributed by atoms with Crippen LogP contribution in [0.1, 0.15) is 18.5 Å². The van der Waals surface area contributed by atoms with Gasteiger partial charge in [0, 0.05) is 6.54 Å². The van der Waals surface area contributed by atoms with Crippen LogP contribution < -0.4 is 0 Å². The normalized spacial score (nSPS) is 24.6. The molecule has 86 valence electrons. The maximum Gasteiger partial charge on any atom is 0.410 e. The minimum atomic E-state index is -0.463.